The Labute approximate surface area is 113 Å². The van der Waals surface area contributed by atoms with Crippen molar-refractivity contribution >= 4 is 12.0 Å². The summed E-state index contributed by atoms with van der Waals surface area (Å²) in [6, 6.07) is 7.54. The van der Waals surface area contributed by atoms with E-state index in [0.29, 0.717) is 13.1 Å². The first-order valence-electron chi connectivity index (χ1n) is 6.49. The number of ether oxygens (including phenoxy) is 1. The second-order valence-electron chi connectivity index (χ2n) is 4.66. The number of rotatable bonds is 3. The number of benzene rings is 1. The Morgan fingerprint density at radius 1 is 1.47 bits per heavy atom. The van der Waals surface area contributed by atoms with Gasteiger partial charge in [0, 0.05) is 24.7 Å². The molecule has 1 heterocycles. The Hall–Kier alpha value is -1.81. The van der Waals surface area contributed by atoms with Crippen LogP contribution in [-0.4, -0.2) is 42.2 Å². The van der Waals surface area contributed by atoms with E-state index in [1.165, 1.54) is 6.08 Å². The molecule has 0 spiro atoms. The van der Waals surface area contributed by atoms with Crippen LogP contribution in [0, 0.1) is 0 Å². The van der Waals surface area contributed by atoms with Gasteiger partial charge in [0.05, 0.1) is 13.2 Å². The number of amides is 1. The minimum Gasteiger partial charge on any atom is -0.496 e. The van der Waals surface area contributed by atoms with Crippen LogP contribution in [0.3, 0.4) is 0 Å². The van der Waals surface area contributed by atoms with E-state index in [2.05, 4.69) is 0 Å². The molecule has 1 atom stereocenters. The van der Waals surface area contributed by atoms with Crippen molar-refractivity contribution in [1.82, 2.24) is 4.90 Å². The van der Waals surface area contributed by atoms with Gasteiger partial charge in [0.1, 0.15) is 5.75 Å². The lowest BCUT2D eigenvalue weighted by Gasteiger charge is -2.29. The van der Waals surface area contributed by atoms with E-state index in [4.69, 9.17) is 4.74 Å². The summed E-state index contributed by atoms with van der Waals surface area (Å²) < 4.78 is 5.22. The Morgan fingerprint density at radius 2 is 2.26 bits per heavy atom. The number of nitrogens with zero attached hydrogens (tertiary/aromatic N) is 1. The van der Waals surface area contributed by atoms with Gasteiger partial charge in [-0.05, 0) is 25.0 Å². The fourth-order valence-electron chi connectivity index (χ4n) is 2.23. The molecule has 19 heavy (non-hydrogen) atoms. The largest absolute Gasteiger partial charge is 0.496 e. The molecule has 0 aliphatic carbocycles. The first-order chi connectivity index (χ1) is 9.20. The van der Waals surface area contributed by atoms with E-state index in [-0.39, 0.29) is 5.91 Å². The first kappa shape index (κ1) is 13.6. The number of aliphatic hydroxyl groups is 1. The van der Waals surface area contributed by atoms with Gasteiger partial charge in [0.2, 0.25) is 5.91 Å². The van der Waals surface area contributed by atoms with Gasteiger partial charge in [0.25, 0.3) is 0 Å². The molecule has 0 aromatic heterocycles. The number of likely N-dealkylation sites (tertiary alicyclic amines) is 1. The number of hydrogen-bond donors (Lipinski definition) is 1. The van der Waals surface area contributed by atoms with Crippen molar-refractivity contribution in [2.75, 3.05) is 20.2 Å². The molecule has 1 aliphatic rings. The molecule has 0 saturated carbocycles. The van der Waals surface area contributed by atoms with Crippen molar-refractivity contribution < 1.29 is 14.6 Å². The summed E-state index contributed by atoms with van der Waals surface area (Å²) >= 11 is 0. The normalized spacial score (nSPS) is 19.7. The fourth-order valence-corrected chi connectivity index (χ4v) is 2.23. The fraction of sp³-hybridized carbons (Fsp3) is 0.400. The van der Waals surface area contributed by atoms with Crippen molar-refractivity contribution in [3.05, 3.63) is 35.9 Å². The molecule has 2 rings (SSSR count). The molecule has 102 valence electrons. The summed E-state index contributed by atoms with van der Waals surface area (Å²) in [7, 11) is 1.61. The van der Waals surface area contributed by atoms with Crippen molar-refractivity contribution in [3.63, 3.8) is 0 Å². The number of hydrogen-bond acceptors (Lipinski definition) is 3. The molecule has 4 heteroatoms. The van der Waals surface area contributed by atoms with Crippen LogP contribution in [0.2, 0.25) is 0 Å². The van der Waals surface area contributed by atoms with Crippen LogP contribution in [0.25, 0.3) is 6.08 Å². The van der Waals surface area contributed by atoms with Gasteiger partial charge < -0.3 is 14.7 Å². The predicted octanol–water partition coefficient (Wildman–Crippen LogP) is 1.69. The lowest BCUT2D eigenvalue weighted by Crippen LogP contribution is -2.41. The average Bonchev–Trinajstić information content (AvgIpc) is 2.45. The number of para-hydroxylation sites is 1. The second-order valence-corrected chi connectivity index (χ2v) is 4.66. The molecule has 0 radical (unpaired) electrons. The van der Waals surface area contributed by atoms with Crippen LogP contribution in [0.4, 0.5) is 0 Å². The zero-order valence-electron chi connectivity index (χ0n) is 11.1. The standard InChI is InChI=1S/C15H19NO3/c1-19-14-7-3-2-5-12(14)8-9-15(18)16-10-4-6-13(17)11-16/h2-3,5,7-9,13,17H,4,6,10-11H2,1H3. The van der Waals surface area contributed by atoms with E-state index < -0.39 is 6.10 Å². The van der Waals surface area contributed by atoms with Crippen molar-refractivity contribution in [1.29, 1.82) is 0 Å². The number of piperidine rings is 1. The number of aliphatic hydroxyl groups excluding tert-OH is 1. The van der Waals surface area contributed by atoms with Gasteiger partial charge in [-0.25, -0.2) is 0 Å². The van der Waals surface area contributed by atoms with Gasteiger partial charge in [-0.3, -0.25) is 4.79 Å². The van der Waals surface area contributed by atoms with Crippen molar-refractivity contribution in [2.45, 2.75) is 18.9 Å². The van der Waals surface area contributed by atoms with Crippen LogP contribution >= 0.6 is 0 Å². The second kappa shape index (κ2) is 6.38. The smallest absolute Gasteiger partial charge is 0.246 e. The third-order valence-electron chi connectivity index (χ3n) is 3.25. The van der Waals surface area contributed by atoms with Gasteiger partial charge in [-0.1, -0.05) is 18.2 Å². The Morgan fingerprint density at radius 3 is 3.00 bits per heavy atom. The zero-order valence-corrected chi connectivity index (χ0v) is 11.1. The average molecular weight is 261 g/mol. The molecular formula is C15H19NO3. The quantitative estimate of drug-likeness (QED) is 0.842. The van der Waals surface area contributed by atoms with Crippen LogP contribution < -0.4 is 4.74 Å². The number of β-amino-alcohol motifs (C(OH)–C–C–N with tert-alkyl or cyclic N) is 1. The van der Waals surface area contributed by atoms with E-state index in [0.717, 1.165) is 24.2 Å². The third kappa shape index (κ3) is 3.58. The molecule has 4 nitrogen and oxygen atoms in total. The highest BCUT2D eigenvalue weighted by atomic mass is 16.5. The molecule has 1 aromatic rings. The van der Waals surface area contributed by atoms with Crippen LogP contribution in [0.5, 0.6) is 5.75 Å². The molecule has 1 N–H and O–H groups in total. The maximum Gasteiger partial charge on any atom is 0.246 e. The van der Waals surface area contributed by atoms with Crippen LogP contribution in [0.1, 0.15) is 18.4 Å². The van der Waals surface area contributed by atoms with E-state index >= 15 is 0 Å². The molecule has 1 fully saturated rings. The third-order valence-corrected chi connectivity index (χ3v) is 3.25. The van der Waals surface area contributed by atoms with E-state index in [1.54, 1.807) is 18.1 Å². The molecule has 1 aromatic carbocycles. The summed E-state index contributed by atoms with van der Waals surface area (Å²) in [5, 5.41) is 9.56. The summed E-state index contributed by atoms with van der Waals surface area (Å²) in [6.45, 7) is 1.14. The minimum atomic E-state index is -0.391. The maximum absolute atomic E-state index is 12.0. The molecule has 1 saturated heterocycles. The maximum atomic E-state index is 12.0. The highest BCUT2D eigenvalue weighted by Gasteiger charge is 2.20. The van der Waals surface area contributed by atoms with Crippen molar-refractivity contribution in [2.24, 2.45) is 0 Å². The Bertz CT molecular complexity index is 470. The number of carbonyl (C=O) groups is 1. The van der Waals surface area contributed by atoms with E-state index in [1.807, 2.05) is 24.3 Å². The molecular weight excluding hydrogens is 242 g/mol. The van der Waals surface area contributed by atoms with Gasteiger partial charge >= 0.3 is 0 Å². The van der Waals surface area contributed by atoms with E-state index in [9.17, 15) is 9.90 Å². The molecule has 1 aliphatic heterocycles. The van der Waals surface area contributed by atoms with Gasteiger partial charge in [0.15, 0.2) is 0 Å². The Balaban J connectivity index is 2.03. The molecule has 1 amide bonds. The molecule has 0 bridgehead atoms. The predicted molar refractivity (Wildman–Crippen MR) is 73.8 cm³/mol. The lowest BCUT2D eigenvalue weighted by molar-refractivity contribution is -0.128. The highest BCUT2D eigenvalue weighted by molar-refractivity contribution is 5.92. The van der Waals surface area contributed by atoms with Crippen molar-refractivity contribution in [3.8, 4) is 5.75 Å². The Kier molecular flexibility index (Phi) is 4.58. The summed E-state index contributed by atoms with van der Waals surface area (Å²) in [5.74, 6) is 0.676. The number of methoxy groups -OCH3 is 1. The van der Waals surface area contributed by atoms with Gasteiger partial charge in [-0.2, -0.15) is 0 Å². The van der Waals surface area contributed by atoms with Crippen LogP contribution in [0.15, 0.2) is 30.3 Å². The SMILES string of the molecule is COc1ccccc1C=CC(=O)N1CCCC(O)C1. The summed E-state index contributed by atoms with van der Waals surface area (Å²) in [4.78, 5) is 13.7. The monoisotopic (exact) mass is 261 g/mol. The topological polar surface area (TPSA) is 49.8 Å². The highest BCUT2D eigenvalue weighted by Crippen LogP contribution is 2.19. The summed E-state index contributed by atoms with van der Waals surface area (Å²) in [6.07, 6.45) is 4.53. The first-order valence-corrected chi connectivity index (χ1v) is 6.49. The number of carbonyl (C=O) groups excluding carboxylic acids is 1. The minimum absolute atomic E-state index is 0.0651. The summed E-state index contributed by atoms with van der Waals surface area (Å²) in [5.41, 5.74) is 0.871. The van der Waals surface area contributed by atoms with Gasteiger partial charge in [-0.15, -0.1) is 0 Å². The molecule has 1 unspecified atom stereocenters. The lowest BCUT2D eigenvalue weighted by atomic mass is 10.1. The zero-order chi connectivity index (χ0) is 13.7. The van der Waals surface area contributed by atoms with Crippen LogP contribution in [-0.2, 0) is 4.79 Å².